The zero-order valence-electron chi connectivity index (χ0n) is 16.8. The number of carbonyl (C=O) groups is 2. The van der Waals surface area contributed by atoms with E-state index in [1.165, 1.54) is 18.4 Å². The van der Waals surface area contributed by atoms with Crippen molar-refractivity contribution in [1.82, 2.24) is 4.98 Å². The lowest BCUT2D eigenvalue weighted by Gasteiger charge is -2.19. The third-order valence-corrected chi connectivity index (χ3v) is 6.04. The highest BCUT2D eigenvalue weighted by molar-refractivity contribution is 7.22. The van der Waals surface area contributed by atoms with Crippen molar-refractivity contribution in [3.8, 4) is 0 Å². The molecule has 0 fully saturated rings. The topological polar surface area (TPSA) is 72.6 Å². The molecular formula is C23H20N2O4S. The van der Waals surface area contributed by atoms with Crippen molar-refractivity contribution in [3.05, 3.63) is 82.8 Å². The standard InChI is InChI=1S/C23H20N2O4S/c1-14-6-11-19-20(15(14)2)24-23(30-19)25(13-18-5-4-12-29-18)21(26)16-7-9-17(10-8-16)22(27)28-3/h4-12H,13H2,1-3H3. The van der Waals surface area contributed by atoms with Gasteiger partial charge in [-0.25, -0.2) is 9.78 Å². The number of fused-ring (bicyclic) bond motifs is 1. The predicted molar refractivity (Wildman–Crippen MR) is 116 cm³/mol. The maximum atomic E-state index is 13.4. The fraction of sp³-hybridized carbons (Fsp3) is 0.174. The lowest BCUT2D eigenvalue weighted by atomic mass is 10.1. The van der Waals surface area contributed by atoms with E-state index in [0.29, 0.717) is 22.0 Å². The third-order valence-electron chi connectivity index (χ3n) is 5.00. The van der Waals surface area contributed by atoms with Crippen molar-refractivity contribution in [1.29, 1.82) is 0 Å². The van der Waals surface area contributed by atoms with Crippen LogP contribution >= 0.6 is 11.3 Å². The van der Waals surface area contributed by atoms with Crippen LogP contribution in [-0.2, 0) is 11.3 Å². The molecule has 6 nitrogen and oxygen atoms in total. The van der Waals surface area contributed by atoms with Crippen LogP contribution < -0.4 is 4.90 Å². The zero-order chi connectivity index (χ0) is 21.3. The Labute approximate surface area is 177 Å². The molecule has 4 aromatic rings. The summed E-state index contributed by atoms with van der Waals surface area (Å²) in [7, 11) is 1.32. The molecule has 7 heteroatoms. The summed E-state index contributed by atoms with van der Waals surface area (Å²) < 4.78 is 11.2. The smallest absolute Gasteiger partial charge is 0.337 e. The van der Waals surface area contributed by atoms with E-state index in [0.717, 1.165) is 21.3 Å². The highest BCUT2D eigenvalue weighted by Gasteiger charge is 2.23. The summed E-state index contributed by atoms with van der Waals surface area (Å²) in [5.74, 6) is -0.0172. The molecule has 0 radical (unpaired) electrons. The maximum absolute atomic E-state index is 13.4. The van der Waals surface area contributed by atoms with Crippen molar-refractivity contribution in [2.24, 2.45) is 0 Å². The van der Waals surface area contributed by atoms with E-state index in [-0.39, 0.29) is 12.5 Å². The molecular weight excluding hydrogens is 400 g/mol. The van der Waals surface area contributed by atoms with Crippen LogP contribution in [0.1, 0.15) is 37.6 Å². The molecule has 2 heterocycles. The minimum absolute atomic E-state index is 0.226. The van der Waals surface area contributed by atoms with Gasteiger partial charge in [0.05, 0.1) is 35.7 Å². The summed E-state index contributed by atoms with van der Waals surface area (Å²) in [6.45, 7) is 4.33. The van der Waals surface area contributed by atoms with Gasteiger partial charge in [-0.3, -0.25) is 9.69 Å². The van der Waals surface area contributed by atoms with Gasteiger partial charge in [0.15, 0.2) is 5.13 Å². The Bertz CT molecular complexity index is 1210. The number of ether oxygens (including phenoxy) is 1. The molecule has 2 aromatic carbocycles. The number of nitrogens with zero attached hydrogens (tertiary/aromatic N) is 2. The molecule has 0 atom stereocenters. The van der Waals surface area contributed by atoms with Gasteiger partial charge in [0, 0.05) is 5.56 Å². The maximum Gasteiger partial charge on any atom is 0.337 e. The minimum Gasteiger partial charge on any atom is -0.467 e. The second-order valence-electron chi connectivity index (χ2n) is 6.89. The van der Waals surface area contributed by atoms with Gasteiger partial charge in [0.1, 0.15) is 5.76 Å². The number of carbonyl (C=O) groups excluding carboxylic acids is 2. The highest BCUT2D eigenvalue weighted by Crippen LogP contribution is 2.33. The van der Waals surface area contributed by atoms with Crippen LogP contribution in [0.3, 0.4) is 0 Å². The van der Waals surface area contributed by atoms with Gasteiger partial charge >= 0.3 is 5.97 Å². The average Bonchev–Trinajstić information content (AvgIpc) is 3.44. The summed E-state index contributed by atoms with van der Waals surface area (Å²) in [6, 6.07) is 14.1. The highest BCUT2D eigenvalue weighted by atomic mass is 32.1. The first-order valence-corrected chi connectivity index (χ1v) is 10.2. The van der Waals surface area contributed by atoms with E-state index in [4.69, 9.17) is 14.1 Å². The van der Waals surface area contributed by atoms with Crippen LogP contribution in [0.15, 0.2) is 59.2 Å². The molecule has 0 aliphatic carbocycles. The van der Waals surface area contributed by atoms with Crippen LogP contribution in [0.5, 0.6) is 0 Å². The molecule has 152 valence electrons. The van der Waals surface area contributed by atoms with Crippen LogP contribution in [0, 0.1) is 13.8 Å². The molecule has 0 N–H and O–H groups in total. The second-order valence-corrected chi connectivity index (χ2v) is 7.90. The third kappa shape index (κ3) is 3.71. The first-order valence-electron chi connectivity index (χ1n) is 9.37. The molecule has 1 amide bonds. The molecule has 0 saturated heterocycles. The van der Waals surface area contributed by atoms with Crippen molar-refractivity contribution in [3.63, 3.8) is 0 Å². The summed E-state index contributed by atoms with van der Waals surface area (Å²) in [5, 5.41) is 0.595. The number of methoxy groups -OCH3 is 1. The van der Waals surface area contributed by atoms with Crippen molar-refractivity contribution in [2.75, 3.05) is 12.0 Å². The van der Waals surface area contributed by atoms with Gasteiger partial charge in [-0.15, -0.1) is 0 Å². The number of benzene rings is 2. The molecule has 0 bridgehead atoms. The number of furan rings is 1. The summed E-state index contributed by atoms with van der Waals surface area (Å²) in [6.07, 6.45) is 1.58. The Morgan fingerprint density at radius 2 is 1.80 bits per heavy atom. The first kappa shape index (κ1) is 19.8. The number of thiazole rings is 1. The Hall–Kier alpha value is -3.45. The lowest BCUT2D eigenvalue weighted by Crippen LogP contribution is -2.30. The Morgan fingerprint density at radius 3 is 2.47 bits per heavy atom. The fourth-order valence-electron chi connectivity index (χ4n) is 3.14. The molecule has 0 aliphatic heterocycles. The first-order chi connectivity index (χ1) is 14.5. The number of anilines is 1. The largest absolute Gasteiger partial charge is 0.467 e. The van der Waals surface area contributed by atoms with Crippen molar-refractivity contribution in [2.45, 2.75) is 20.4 Å². The van der Waals surface area contributed by atoms with Gasteiger partial charge in [0.2, 0.25) is 0 Å². The molecule has 0 aliphatic rings. The second kappa shape index (κ2) is 8.12. The van der Waals surface area contributed by atoms with E-state index in [1.807, 2.05) is 26.0 Å². The number of hydrogen-bond acceptors (Lipinski definition) is 6. The Morgan fingerprint density at radius 1 is 1.07 bits per heavy atom. The van der Waals surface area contributed by atoms with Gasteiger partial charge < -0.3 is 9.15 Å². The molecule has 0 spiro atoms. The van der Waals surface area contributed by atoms with Crippen molar-refractivity contribution < 1.29 is 18.7 Å². The molecule has 2 aromatic heterocycles. The number of aromatic nitrogens is 1. The van der Waals surface area contributed by atoms with Crippen molar-refractivity contribution >= 4 is 38.6 Å². The summed E-state index contributed by atoms with van der Waals surface area (Å²) in [5.41, 5.74) is 3.98. The summed E-state index contributed by atoms with van der Waals surface area (Å²) in [4.78, 5) is 31.4. The number of amides is 1. The predicted octanol–water partition coefficient (Wildman–Crippen LogP) is 5.14. The lowest BCUT2D eigenvalue weighted by molar-refractivity contribution is 0.0600. The van der Waals surface area contributed by atoms with E-state index in [9.17, 15) is 9.59 Å². The van der Waals surface area contributed by atoms with E-state index in [2.05, 4.69) is 6.07 Å². The number of rotatable bonds is 5. The zero-order valence-corrected chi connectivity index (χ0v) is 17.7. The van der Waals surface area contributed by atoms with Gasteiger partial charge in [-0.1, -0.05) is 17.4 Å². The van der Waals surface area contributed by atoms with Gasteiger partial charge in [0.25, 0.3) is 5.91 Å². The normalized spacial score (nSPS) is 10.9. The Balaban J connectivity index is 1.74. The van der Waals surface area contributed by atoms with E-state index in [1.54, 1.807) is 41.5 Å². The summed E-state index contributed by atoms with van der Waals surface area (Å²) >= 11 is 1.46. The van der Waals surface area contributed by atoms with Gasteiger partial charge in [-0.2, -0.15) is 0 Å². The van der Waals surface area contributed by atoms with Crippen LogP contribution in [0.2, 0.25) is 0 Å². The molecule has 4 rings (SSSR count). The van der Waals surface area contributed by atoms with Crippen LogP contribution in [0.25, 0.3) is 10.2 Å². The van der Waals surface area contributed by atoms with E-state index < -0.39 is 5.97 Å². The molecule has 0 saturated carbocycles. The monoisotopic (exact) mass is 420 g/mol. The fourth-order valence-corrected chi connectivity index (χ4v) is 4.16. The number of aryl methyl sites for hydroxylation is 2. The van der Waals surface area contributed by atoms with Crippen LogP contribution in [-0.4, -0.2) is 24.0 Å². The number of hydrogen-bond donors (Lipinski definition) is 0. The molecule has 0 unspecified atom stereocenters. The quantitative estimate of drug-likeness (QED) is 0.418. The number of esters is 1. The van der Waals surface area contributed by atoms with Crippen LogP contribution in [0.4, 0.5) is 5.13 Å². The Kier molecular flexibility index (Phi) is 5.37. The SMILES string of the molecule is COC(=O)c1ccc(C(=O)N(Cc2ccco2)c2nc3c(C)c(C)ccc3s2)cc1. The van der Waals surface area contributed by atoms with Gasteiger partial charge in [-0.05, 0) is 67.4 Å². The molecule has 30 heavy (non-hydrogen) atoms. The van der Waals surface area contributed by atoms with E-state index >= 15 is 0 Å². The minimum atomic E-state index is -0.446. The average molecular weight is 420 g/mol.